The summed E-state index contributed by atoms with van der Waals surface area (Å²) in [5.41, 5.74) is 1.03. The van der Waals surface area contributed by atoms with Gasteiger partial charge in [-0.05, 0) is 18.2 Å². The molecule has 0 aromatic heterocycles. The van der Waals surface area contributed by atoms with E-state index in [1.165, 1.54) is 18.2 Å². The summed E-state index contributed by atoms with van der Waals surface area (Å²) in [6.45, 7) is 0.703. The predicted molar refractivity (Wildman–Crippen MR) is 118 cm³/mol. The Morgan fingerprint density at radius 3 is 2.68 bits per heavy atom. The Labute approximate surface area is 181 Å². The first-order valence-electron chi connectivity index (χ1n) is 8.67. The molecule has 6 nitrogen and oxygen atoms in total. The van der Waals surface area contributed by atoms with E-state index in [0.717, 1.165) is 23.8 Å². The molecule has 0 saturated carbocycles. The van der Waals surface area contributed by atoms with Crippen LogP contribution in [0.3, 0.4) is 0 Å². The number of fused-ring (bicyclic) bond motifs is 1. The van der Waals surface area contributed by atoms with E-state index in [4.69, 9.17) is 4.74 Å². The largest absolute Gasteiger partial charge is 0.493 e. The molecule has 3 rings (SSSR count). The molecule has 152 valence electrons. The predicted octanol–water partition coefficient (Wildman–Crippen LogP) is 2.91. The van der Waals surface area contributed by atoms with Crippen LogP contribution in [0.25, 0.3) is 0 Å². The lowest BCUT2D eigenvalue weighted by atomic mass is 10.0. The topological polar surface area (TPSA) is 79.8 Å². The number of rotatable bonds is 5. The second kappa shape index (κ2) is 10.1. The Morgan fingerprint density at radius 1 is 1.21 bits per heavy atom. The fourth-order valence-electron chi connectivity index (χ4n) is 2.96. The summed E-state index contributed by atoms with van der Waals surface area (Å²) >= 11 is 0. The SMILES string of the molecule is CN=C(NCCS(=O)(=O)c1ccccc1F)NC1CCOc2ccccc21.I. The highest BCUT2D eigenvalue weighted by molar-refractivity contribution is 14.0. The quantitative estimate of drug-likeness (QED) is 0.361. The zero-order valence-electron chi connectivity index (χ0n) is 15.4. The number of halogens is 2. The van der Waals surface area contributed by atoms with Gasteiger partial charge in [-0.1, -0.05) is 30.3 Å². The van der Waals surface area contributed by atoms with Crippen LogP contribution in [0.2, 0.25) is 0 Å². The van der Waals surface area contributed by atoms with Gasteiger partial charge in [0.05, 0.1) is 18.4 Å². The van der Waals surface area contributed by atoms with Crippen molar-refractivity contribution in [3.63, 3.8) is 0 Å². The van der Waals surface area contributed by atoms with Crippen molar-refractivity contribution in [1.29, 1.82) is 0 Å². The van der Waals surface area contributed by atoms with E-state index in [0.29, 0.717) is 12.6 Å². The molecular formula is C19H23FIN3O3S. The molecule has 9 heteroatoms. The van der Waals surface area contributed by atoms with Crippen LogP contribution in [0.4, 0.5) is 4.39 Å². The number of nitrogens with zero attached hydrogens (tertiary/aromatic N) is 1. The zero-order chi connectivity index (χ0) is 19.3. The minimum Gasteiger partial charge on any atom is -0.493 e. The molecule has 0 aliphatic carbocycles. The van der Waals surface area contributed by atoms with Crippen molar-refractivity contribution < 1.29 is 17.5 Å². The molecule has 0 spiro atoms. The van der Waals surface area contributed by atoms with Crippen molar-refractivity contribution in [2.45, 2.75) is 17.4 Å². The van der Waals surface area contributed by atoms with Gasteiger partial charge in [0.1, 0.15) is 16.5 Å². The van der Waals surface area contributed by atoms with Gasteiger partial charge in [-0.15, -0.1) is 24.0 Å². The summed E-state index contributed by atoms with van der Waals surface area (Å²) in [4.78, 5) is 3.87. The molecule has 0 saturated heterocycles. The summed E-state index contributed by atoms with van der Waals surface area (Å²) in [6, 6.07) is 13.2. The first kappa shape index (κ1) is 22.4. The van der Waals surface area contributed by atoms with Crippen LogP contribution < -0.4 is 15.4 Å². The monoisotopic (exact) mass is 519 g/mol. The lowest BCUT2D eigenvalue weighted by molar-refractivity contribution is 0.261. The molecule has 2 N–H and O–H groups in total. The average Bonchev–Trinajstić information content (AvgIpc) is 2.67. The van der Waals surface area contributed by atoms with E-state index >= 15 is 0 Å². The lowest BCUT2D eigenvalue weighted by Crippen LogP contribution is -2.42. The first-order chi connectivity index (χ1) is 13.0. The number of benzene rings is 2. The number of hydrogen-bond acceptors (Lipinski definition) is 4. The minimum atomic E-state index is -3.72. The molecule has 0 bridgehead atoms. The van der Waals surface area contributed by atoms with E-state index in [2.05, 4.69) is 15.6 Å². The molecule has 28 heavy (non-hydrogen) atoms. The van der Waals surface area contributed by atoms with Gasteiger partial charge >= 0.3 is 0 Å². The smallest absolute Gasteiger partial charge is 0.191 e. The van der Waals surface area contributed by atoms with E-state index < -0.39 is 15.7 Å². The number of ether oxygens (including phenoxy) is 1. The molecule has 1 aliphatic rings. The average molecular weight is 519 g/mol. The highest BCUT2D eigenvalue weighted by atomic mass is 127. The van der Waals surface area contributed by atoms with Gasteiger partial charge in [0.15, 0.2) is 15.8 Å². The summed E-state index contributed by atoms with van der Waals surface area (Å²) in [5, 5.41) is 6.28. The minimum absolute atomic E-state index is 0. The zero-order valence-corrected chi connectivity index (χ0v) is 18.5. The molecule has 1 aliphatic heterocycles. The Hall–Kier alpha value is -1.88. The number of guanidine groups is 1. The summed E-state index contributed by atoms with van der Waals surface area (Å²) < 4.78 is 44.0. The maximum atomic E-state index is 13.7. The third kappa shape index (κ3) is 5.34. The van der Waals surface area contributed by atoms with E-state index in [1.54, 1.807) is 7.05 Å². The van der Waals surface area contributed by atoms with Crippen LogP contribution in [0.5, 0.6) is 5.75 Å². The maximum Gasteiger partial charge on any atom is 0.191 e. The van der Waals surface area contributed by atoms with Crippen molar-refractivity contribution in [3.8, 4) is 5.75 Å². The number of para-hydroxylation sites is 1. The van der Waals surface area contributed by atoms with Crippen LogP contribution in [-0.4, -0.2) is 40.3 Å². The standard InChI is InChI=1S/C19H22FN3O3S.HI/c1-21-19(23-16-10-12-26-17-8-4-2-6-14(16)17)22-11-13-27(24,25)18-9-5-3-7-15(18)20;/h2-9,16H,10-13H2,1H3,(H2,21,22,23);1H. The molecule has 1 unspecified atom stereocenters. The van der Waals surface area contributed by atoms with Crippen LogP contribution in [0, 0.1) is 5.82 Å². The van der Waals surface area contributed by atoms with E-state index in [1.807, 2.05) is 24.3 Å². The fraction of sp³-hybridized carbons (Fsp3) is 0.316. The van der Waals surface area contributed by atoms with Gasteiger partial charge in [0, 0.05) is 25.6 Å². The van der Waals surface area contributed by atoms with Crippen LogP contribution >= 0.6 is 24.0 Å². The first-order valence-corrected chi connectivity index (χ1v) is 10.3. The van der Waals surface area contributed by atoms with Crippen molar-refractivity contribution >= 4 is 39.8 Å². The maximum absolute atomic E-state index is 13.7. The van der Waals surface area contributed by atoms with Crippen LogP contribution in [0.15, 0.2) is 58.4 Å². The Bertz CT molecular complexity index is 938. The fourth-order valence-corrected chi connectivity index (χ4v) is 4.20. The second-order valence-corrected chi connectivity index (χ2v) is 8.20. The third-order valence-corrected chi connectivity index (χ3v) is 6.07. The molecule has 1 heterocycles. The lowest BCUT2D eigenvalue weighted by Gasteiger charge is -2.28. The summed E-state index contributed by atoms with van der Waals surface area (Å²) in [7, 11) is -2.10. The van der Waals surface area contributed by atoms with Crippen molar-refractivity contribution in [2.75, 3.05) is 26.0 Å². The molecule has 1 atom stereocenters. The molecule has 0 radical (unpaired) electrons. The molecule has 0 amide bonds. The molecule has 2 aromatic rings. The number of aliphatic imine (C=N–C) groups is 1. The van der Waals surface area contributed by atoms with Crippen molar-refractivity contribution in [2.24, 2.45) is 4.99 Å². The Balaban J connectivity index is 0.00000280. The van der Waals surface area contributed by atoms with Gasteiger partial charge < -0.3 is 15.4 Å². The number of sulfone groups is 1. The Morgan fingerprint density at radius 2 is 1.93 bits per heavy atom. The van der Waals surface area contributed by atoms with E-state index in [-0.39, 0.29) is 47.2 Å². The van der Waals surface area contributed by atoms with Gasteiger partial charge in [0.2, 0.25) is 0 Å². The second-order valence-electron chi connectivity index (χ2n) is 6.12. The Kier molecular flexibility index (Phi) is 8.05. The summed E-state index contributed by atoms with van der Waals surface area (Å²) in [5.74, 6) is 0.344. The third-order valence-electron chi connectivity index (χ3n) is 4.33. The molecular weight excluding hydrogens is 496 g/mol. The number of nitrogens with one attached hydrogen (secondary N) is 2. The molecule has 2 aromatic carbocycles. The normalized spacial score (nSPS) is 16.4. The summed E-state index contributed by atoms with van der Waals surface area (Å²) in [6.07, 6.45) is 0.769. The van der Waals surface area contributed by atoms with Gasteiger partial charge in [-0.3, -0.25) is 4.99 Å². The van der Waals surface area contributed by atoms with Gasteiger partial charge in [-0.25, -0.2) is 12.8 Å². The number of hydrogen-bond donors (Lipinski definition) is 2. The van der Waals surface area contributed by atoms with E-state index in [9.17, 15) is 12.8 Å². The van der Waals surface area contributed by atoms with Crippen molar-refractivity contribution in [3.05, 3.63) is 59.9 Å². The van der Waals surface area contributed by atoms with Crippen LogP contribution in [-0.2, 0) is 9.84 Å². The van der Waals surface area contributed by atoms with Crippen molar-refractivity contribution in [1.82, 2.24) is 10.6 Å². The highest BCUT2D eigenvalue weighted by Crippen LogP contribution is 2.31. The van der Waals surface area contributed by atoms with Gasteiger partial charge in [-0.2, -0.15) is 0 Å². The van der Waals surface area contributed by atoms with Crippen LogP contribution in [0.1, 0.15) is 18.0 Å². The highest BCUT2D eigenvalue weighted by Gasteiger charge is 2.22. The molecule has 0 fully saturated rings. The van der Waals surface area contributed by atoms with Gasteiger partial charge in [0.25, 0.3) is 0 Å².